The van der Waals surface area contributed by atoms with E-state index in [4.69, 9.17) is 23.2 Å². The summed E-state index contributed by atoms with van der Waals surface area (Å²) in [5, 5.41) is 23.7. The third-order valence-electron chi connectivity index (χ3n) is 6.49. The third kappa shape index (κ3) is 3.41. The minimum atomic E-state index is -0.912. The van der Waals surface area contributed by atoms with E-state index in [-0.39, 0.29) is 11.9 Å². The normalized spacial score (nSPS) is 28.6. The van der Waals surface area contributed by atoms with E-state index in [0.717, 1.165) is 29.3 Å². The zero-order valence-corrected chi connectivity index (χ0v) is 17.2. The molecule has 0 spiro atoms. The number of aromatic amines is 1. The molecule has 150 valence electrons. The molecule has 3 N–H and O–H groups in total. The van der Waals surface area contributed by atoms with Gasteiger partial charge in [0.25, 0.3) is 5.91 Å². The van der Waals surface area contributed by atoms with Crippen LogP contribution in [0.15, 0.2) is 42.6 Å². The van der Waals surface area contributed by atoms with Crippen LogP contribution in [0.4, 0.5) is 0 Å². The molecule has 29 heavy (non-hydrogen) atoms. The predicted molar refractivity (Wildman–Crippen MR) is 113 cm³/mol. The van der Waals surface area contributed by atoms with Gasteiger partial charge in [-0.1, -0.05) is 29.3 Å². The van der Waals surface area contributed by atoms with Gasteiger partial charge in [0.2, 0.25) is 0 Å². The van der Waals surface area contributed by atoms with Gasteiger partial charge >= 0.3 is 0 Å². The van der Waals surface area contributed by atoms with Gasteiger partial charge in [-0.2, -0.15) is 5.10 Å². The molecule has 0 aliphatic heterocycles. The molecule has 1 amide bonds. The fraction of sp³-hybridized carbons (Fsp3) is 0.364. The number of hydrogen-bond acceptors (Lipinski definition) is 3. The van der Waals surface area contributed by atoms with Gasteiger partial charge in [0.05, 0.1) is 17.3 Å². The Morgan fingerprint density at radius 1 is 1.14 bits per heavy atom. The van der Waals surface area contributed by atoms with E-state index in [2.05, 4.69) is 15.5 Å². The Labute approximate surface area is 178 Å². The van der Waals surface area contributed by atoms with Crippen molar-refractivity contribution in [2.45, 2.75) is 37.3 Å². The highest BCUT2D eigenvalue weighted by Gasteiger charge is 2.50. The third-order valence-corrected chi connectivity index (χ3v) is 6.94. The Morgan fingerprint density at radius 3 is 2.62 bits per heavy atom. The number of rotatable bonds is 3. The van der Waals surface area contributed by atoms with Gasteiger partial charge in [-0.05, 0) is 73.4 Å². The van der Waals surface area contributed by atoms with Crippen LogP contribution >= 0.6 is 23.2 Å². The molecule has 0 saturated heterocycles. The summed E-state index contributed by atoms with van der Waals surface area (Å²) in [5.74, 6) is 0.638. The standard InChI is InChI=1S/C22H21Cl2N3O2/c23-15-3-1-2-12(4-15)21(28)26-17-5-13-9-22(29,10-14(13)6-17)19-7-16(24)8-20-18(19)11-25-27-20/h1-4,7-8,11,13-14,17,29H,5-6,9-10H2,(H,25,27)(H,26,28)/t13-,14+,17+,22+. The molecular weight excluding hydrogens is 409 g/mol. The van der Waals surface area contributed by atoms with Gasteiger partial charge in [-0.15, -0.1) is 0 Å². The Balaban J connectivity index is 1.30. The van der Waals surface area contributed by atoms with Crippen LogP contribution in [0.2, 0.25) is 10.0 Å². The fourth-order valence-corrected chi connectivity index (χ4v) is 5.71. The van der Waals surface area contributed by atoms with Crippen molar-refractivity contribution in [3.05, 3.63) is 63.8 Å². The number of aromatic nitrogens is 2. The summed E-state index contributed by atoms with van der Waals surface area (Å²) in [6.07, 6.45) is 4.83. The van der Waals surface area contributed by atoms with Crippen molar-refractivity contribution in [1.82, 2.24) is 15.5 Å². The molecule has 2 aliphatic carbocycles. The summed E-state index contributed by atoms with van der Waals surface area (Å²) in [6, 6.07) is 10.8. The monoisotopic (exact) mass is 429 g/mol. The molecule has 0 radical (unpaired) electrons. The minimum absolute atomic E-state index is 0.0947. The summed E-state index contributed by atoms with van der Waals surface area (Å²) < 4.78 is 0. The summed E-state index contributed by atoms with van der Waals surface area (Å²) in [4.78, 5) is 12.5. The molecule has 1 heterocycles. The lowest BCUT2D eigenvalue weighted by atomic mass is 9.87. The lowest BCUT2D eigenvalue weighted by Gasteiger charge is -2.26. The molecule has 3 aromatic rings. The van der Waals surface area contributed by atoms with Crippen molar-refractivity contribution in [2.24, 2.45) is 11.8 Å². The van der Waals surface area contributed by atoms with Crippen molar-refractivity contribution in [3.63, 3.8) is 0 Å². The molecule has 2 saturated carbocycles. The largest absolute Gasteiger partial charge is 0.385 e. The molecule has 0 unspecified atom stereocenters. The van der Waals surface area contributed by atoms with E-state index < -0.39 is 5.60 Å². The first-order valence-corrected chi connectivity index (χ1v) is 10.6. The van der Waals surface area contributed by atoms with Crippen molar-refractivity contribution in [1.29, 1.82) is 0 Å². The number of H-pyrrole nitrogens is 1. The van der Waals surface area contributed by atoms with Gasteiger partial charge in [0.15, 0.2) is 0 Å². The average Bonchev–Trinajstić information content (AvgIpc) is 3.34. The number of carbonyl (C=O) groups is 1. The van der Waals surface area contributed by atoms with Crippen molar-refractivity contribution < 1.29 is 9.90 Å². The van der Waals surface area contributed by atoms with E-state index >= 15 is 0 Å². The van der Waals surface area contributed by atoms with Gasteiger partial charge < -0.3 is 10.4 Å². The average molecular weight is 430 g/mol. The van der Waals surface area contributed by atoms with Gasteiger partial charge in [-0.3, -0.25) is 9.89 Å². The number of amides is 1. The maximum absolute atomic E-state index is 12.5. The molecule has 1 aromatic heterocycles. The number of carbonyl (C=O) groups excluding carboxylic acids is 1. The highest BCUT2D eigenvalue weighted by molar-refractivity contribution is 6.31. The second-order valence-corrected chi connectivity index (χ2v) is 9.27. The van der Waals surface area contributed by atoms with Crippen LogP contribution in [-0.4, -0.2) is 27.3 Å². The topological polar surface area (TPSA) is 78.0 Å². The molecular formula is C22H21Cl2N3O2. The van der Waals surface area contributed by atoms with E-state index in [1.807, 2.05) is 12.1 Å². The quantitative estimate of drug-likeness (QED) is 0.565. The number of hydrogen-bond donors (Lipinski definition) is 3. The number of benzene rings is 2. The van der Waals surface area contributed by atoms with Crippen LogP contribution in [0.1, 0.15) is 41.6 Å². The minimum Gasteiger partial charge on any atom is -0.385 e. The Morgan fingerprint density at radius 2 is 1.90 bits per heavy atom. The van der Waals surface area contributed by atoms with Crippen LogP contribution in [0.25, 0.3) is 10.9 Å². The molecule has 2 fully saturated rings. The highest BCUT2D eigenvalue weighted by Crippen LogP contribution is 2.54. The van der Waals surface area contributed by atoms with Crippen molar-refractivity contribution in [3.8, 4) is 0 Å². The van der Waals surface area contributed by atoms with E-state index in [1.165, 1.54) is 0 Å². The summed E-state index contributed by atoms with van der Waals surface area (Å²) in [5.41, 5.74) is 1.35. The first kappa shape index (κ1) is 18.9. The van der Waals surface area contributed by atoms with Crippen molar-refractivity contribution in [2.75, 3.05) is 0 Å². The van der Waals surface area contributed by atoms with Gasteiger partial charge in [0.1, 0.15) is 0 Å². The molecule has 0 bridgehead atoms. The number of aliphatic hydroxyl groups is 1. The Kier molecular flexibility index (Phi) is 4.57. The number of halogens is 2. The molecule has 5 nitrogen and oxygen atoms in total. The fourth-order valence-electron chi connectivity index (χ4n) is 5.30. The van der Waals surface area contributed by atoms with Gasteiger partial charge in [0, 0.05) is 27.0 Å². The van der Waals surface area contributed by atoms with E-state index in [1.54, 1.807) is 30.5 Å². The van der Waals surface area contributed by atoms with Crippen LogP contribution in [-0.2, 0) is 5.60 Å². The van der Waals surface area contributed by atoms with E-state index in [0.29, 0.717) is 40.3 Å². The van der Waals surface area contributed by atoms with Crippen LogP contribution in [0.5, 0.6) is 0 Å². The first-order valence-electron chi connectivity index (χ1n) is 9.83. The molecule has 2 aliphatic rings. The predicted octanol–water partition coefficient (Wildman–Crippen LogP) is 4.68. The van der Waals surface area contributed by atoms with Gasteiger partial charge in [-0.25, -0.2) is 0 Å². The molecule has 7 heteroatoms. The van der Waals surface area contributed by atoms with E-state index in [9.17, 15) is 9.90 Å². The van der Waals surface area contributed by atoms with Crippen LogP contribution in [0, 0.1) is 11.8 Å². The highest BCUT2D eigenvalue weighted by atomic mass is 35.5. The lowest BCUT2D eigenvalue weighted by molar-refractivity contribution is 0.0357. The zero-order valence-electron chi connectivity index (χ0n) is 15.7. The van der Waals surface area contributed by atoms with Crippen molar-refractivity contribution >= 4 is 40.0 Å². The van der Waals surface area contributed by atoms with Crippen LogP contribution in [0.3, 0.4) is 0 Å². The number of nitrogens with zero attached hydrogens (tertiary/aromatic N) is 1. The zero-order chi connectivity index (χ0) is 20.2. The Hall–Kier alpha value is -2.08. The number of fused-ring (bicyclic) bond motifs is 2. The second-order valence-electron chi connectivity index (χ2n) is 8.40. The SMILES string of the molecule is O=C(N[C@H]1C[C@@H]2C[C@@](O)(c3cc(Cl)cc4[nH]ncc34)C[C@@H]2C1)c1cccc(Cl)c1. The lowest BCUT2D eigenvalue weighted by Crippen LogP contribution is -2.34. The summed E-state index contributed by atoms with van der Waals surface area (Å²) >= 11 is 12.3. The summed E-state index contributed by atoms with van der Waals surface area (Å²) in [6.45, 7) is 0. The van der Waals surface area contributed by atoms with Crippen LogP contribution < -0.4 is 5.32 Å². The molecule has 5 rings (SSSR count). The second kappa shape index (κ2) is 7.01. The maximum atomic E-state index is 12.5. The molecule has 2 aromatic carbocycles. The maximum Gasteiger partial charge on any atom is 0.251 e. The smallest absolute Gasteiger partial charge is 0.251 e. The molecule has 4 atom stereocenters. The Bertz CT molecular complexity index is 1080. The first-order chi connectivity index (χ1) is 13.9. The summed E-state index contributed by atoms with van der Waals surface area (Å²) in [7, 11) is 0. The number of nitrogens with one attached hydrogen (secondary N) is 2.